The summed E-state index contributed by atoms with van der Waals surface area (Å²) in [5, 5.41) is 4.08. The van der Waals surface area contributed by atoms with Gasteiger partial charge in [-0.15, -0.1) is 23.1 Å². The van der Waals surface area contributed by atoms with E-state index in [1.54, 1.807) is 0 Å². The van der Waals surface area contributed by atoms with Gasteiger partial charge in [-0.2, -0.15) is 0 Å². The van der Waals surface area contributed by atoms with Gasteiger partial charge in [0.15, 0.2) is 0 Å². The van der Waals surface area contributed by atoms with Gasteiger partial charge < -0.3 is 4.98 Å². The first-order valence-corrected chi connectivity index (χ1v) is 9.82. The van der Waals surface area contributed by atoms with Gasteiger partial charge >= 0.3 is 4.87 Å². The summed E-state index contributed by atoms with van der Waals surface area (Å²) in [6.45, 7) is 0. The van der Waals surface area contributed by atoms with E-state index in [2.05, 4.69) is 22.5 Å². The van der Waals surface area contributed by atoms with Crippen LogP contribution in [0.15, 0.2) is 27.3 Å². The molecule has 2 aliphatic carbocycles. The minimum Gasteiger partial charge on any atom is -0.307 e. The van der Waals surface area contributed by atoms with Crippen LogP contribution in [0.5, 0.6) is 0 Å². The second-order valence-electron chi connectivity index (χ2n) is 6.19. The minimum atomic E-state index is 0.122. The zero-order valence-corrected chi connectivity index (χ0v) is 13.3. The molecule has 2 saturated carbocycles. The van der Waals surface area contributed by atoms with Gasteiger partial charge in [0.05, 0.1) is 5.03 Å². The molecule has 0 aromatic carbocycles. The maximum Gasteiger partial charge on any atom is 0.305 e. The van der Waals surface area contributed by atoms with Crippen molar-refractivity contribution in [3.05, 3.63) is 36.9 Å². The number of rotatable bonds is 1. The van der Waals surface area contributed by atoms with Gasteiger partial charge in [0, 0.05) is 20.9 Å². The third-order valence-electron chi connectivity index (χ3n) is 5.32. The molecular weight excluding hydrogens is 306 g/mol. The Hall–Kier alpha value is -0.520. The van der Waals surface area contributed by atoms with E-state index in [-0.39, 0.29) is 4.87 Å². The van der Waals surface area contributed by atoms with Crippen LogP contribution in [0.3, 0.4) is 0 Å². The molecule has 0 unspecified atom stereocenters. The van der Waals surface area contributed by atoms with Crippen molar-refractivity contribution in [3.8, 4) is 0 Å². The second kappa shape index (κ2) is 4.24. The Morgan fingerprint density at radius 2 is 2.15 bits per heavy atom. The van der Waals surface area contributed by atoms with Crippen LogP contribution in [0.1, 0.15) is 34.9 Å². The van der Waals surface area contributed by atoms with Crippen molar-refractivity contribution in [1.29, 1.82) is 0 Å². The topological polar surface area (TPSA) is 32.9 Å². The summed E-state index contributed by atoms with van der Waals surface area (Å²) < 4.78 is 0. The van der Waals surface area contributed by atoms with Gasteiger partial charge in [-0.05, 0) is 48.5 Å². The molecule has 0 saturated heterocycles. The Bertz CT molecular complexity index is 701. The van der Waals surface area contributed by atoms with E-state index >= 15 is 0 Å². The molecular formula is C15H15NOS3. The van der Waals surface area contributed by atoms with Crippen LogP contribution >= 0.6 is 34.4 Å². The summed E-state index contributed by atoms with van der Waals surface area (Å²) >= 11 is 5.28. The molecule has 0 radical (unpaired) electrons. The third kappa shape index (κ3) is 1.54. The van der Waals surface area contributed by atoms with E-state index in [0.29, 0.717) is 5.92 Å². The predicted molar refractivity (Wildman–Crippen MR) is 85.1 cm³/mol. The number of thiophene rings is 1. The summed E-state index contributed by atoms with van der Waals surface area (Å²) in [6, 6.07) is 4.42. The monoisotopic (exact) mass is 321 g/mol. The summed E-state index contributed by atoms with van der Waals surface area (Å²) in [7, 11) is 0. The Kier molecular flexibility index (Phi) is 2.56. The van der Waals surface area contributed by atoms with Crippen molar-refractivity contribution in [2.45, 2.75) is 35.5 Å². The van der Waals surface area contributed by atoms with Crippen molar-refractivity contribution >= 4 is 34.4 Å². The zero-order chi connectivity index (χ0) is 13.3. The molecule has 2 nitrogen and oxygen atoms in total. The van der Waals surface area contributed by atoms with Crippen molar-refractivity contribution in [1.82, 2.24) is 4.98 Å². The van der Waals surface area contributed by atoms with Crippen LogP contribution in [0.25, 0.3) is 0 Å². The van der Waals surface area contributed by atoms with Gasteiger partial charge in [-0.1, -0.05) is 17.4 Å². The molecule has 3 heterocycles. The first-order valence-electron chi connectivity index (χ1n) is 7.24. The first-order chi connectivity index (χ1) is 9.81. The highest BCUT2D eigenvalue weighted by molar-refractivity contribution is 8.00. The highest BCUT2D eigenvalue weighted by Crippen LogP contribution is 2.63. The average Bonchev–Trinajstić information content (AvgIpc) is 3.19. The molecule has 1 N–H and O–H groups in total. The number of thiazole rings is 1. The molecule has 20 heavy (non-hydrogen) atoms. The summed E-state index contributed by atoms with van der Waals surface area (Å²) in [4.78, 5) is 17.8. The molecule has 104 valence electrons. The van der Waals surface area contributed by atoms with Crippen LogP contribution in [-0.4, -0.2) is 10.2 Å². The lowest BCUT2D eigenvalue weighted by Gasteiger charge is -2.39. The molecule has 2 aromatic rings. The summed E-state index contributed by atoms with van der Waals surface area (Å²) in [5.74, 6) is 3.01. The van der Waals surface area contributed by atoms with Crippen molar-refractivity contribution in [2.75, 3.05) is 0 Å². The minimum absolute atomic E-state index is 0.122. The normalized spacial score (nSPS) is 37.9. The second-order valence-corrected chi connectivity index (χ2v) is 9.38. The van der Waals surface area contributed by atoms with E-state index in [1.165, 1.54) is 45.4 Å². The SMILES string of the molecule is O=c1[nH]c2c(s1)[C@H](c1cccs1)[C@H]1[C@H]3CC[C@@H](C3)[C@@H]1S2. The third-order valence-corrected chi connectivity index (χ3v) is 8.89. The fraction of sp³-hybridized carbons (Fsp3) is 0.533. The molecule has 2 fully saturated rings. The largest absolute Gasteiger partial charge is 0.307 e. The molecule has 1 aliphatic heterocycles. The lowest BCUT2D eigenvalue weighted by Crippen LogP contribution is -2.33. The zero-order valence-electron chi connectivity index (χ0n) is 10.9. The number of thioether (sulfide) groups is 1. The van der Waals surface area contributed by atoms with Gasteiger partial charge in [-0.3, -0.25) is 4.79 Å². The van der Waals surface area contributed by atoms with E-state index in [1.807, 2.05) is 23.1 Å². The van der Waals surface area contributed by atoms with E-state index < -0.39 is 0 Å². The molecule has 5 atom stereocenters. The fourth-order valence-corrected chi connectivity index (χ4v) is 8.49. The predicted octanol–water partition coefficient (Wildman–Crippen LogP) is 4.15. The highest BCUT2D eigenvalue weighted by atomic mass is 32.2. The number of fused-ring (bicyclic) bond motifs is 6. The molecule has 2 bridgehead atoms. The number of aromatic nitrogens is 1. The number of nitrogens with one attached hydrogen (secondary N) is 1. The highest BCUT2D eigenvalue weighted by Gasteiger charge is 2.54. The van der Waals surface area contributed by atoms with Crippen LogP contribution < -0.4 is 4.87 Å². The lowest BCUT2D eigenvalue weighted by molar-refractivity contribution is 0.310. The smallest absolute Gasteiger partial charge is 0.305 e. The van der Waals surface area contributed by atoms with Crippen LogP contribution in [0.4, 0.5) is 0 Å². The maximum absolute atomic E-state index is 11.8. The van der Waals surface area contributed by atoms with E-state index in [9.17, 15) is 4.79 Å². The molecule has 0 spiro atoms. The van der Waals surface area contributed by atoms with E-state index in [4.69, 9.17) is 0 Å². The number of H-pyrrole nitrogens is 1. The molecule has 5 rings (SSSR count). The number of hydrogen-bond acceptors (Lipinski definition) is 4. The van der Waals surface area contributed by atoms with Crippen molar-refractivity contribution < 1.29 is 0 Å². The van der Waals surface area contributed by atoms with Crippen molar-refractivity contribution in [3.63, 3.8) is 0 Å². The average molecular weight is 321 g/mol. The quantitative estimate of drug-likeness (QED) is 0.856. The first kappa shape index (κ1) is 12.1. The van der Waals surface area contributed by atoms with Gasteiger partial charge in [0.25, 0.3) is 0 Å². The lowest BCUT2D eigenvalue weighted by atomic mass is 9.77. The van der Waals surface area contributed by atoms with E-state index in [0.717, 1.165) is 23.0 Å². The molecule has 3 aliphatic rings. The van der Waals surface area contributed by atoms with Gasteiger partial charge in [-0.25, -0.2) is 0 Å². The standard InChI is InChI=1S/C15H15NOS3/c17-15-16-14-13(20-15)11(9-2-1-5-18-9)10-7-3-4-8(6-7)12(10)19-14/h1-2,5,7-8,10-12H,3-4,6H2,(H,16,17)/t7-,8-,10+,11+,12-/m0/s1. The molecule has 0 amide bonds. The van der Waals surface area contributed by atoms with Gasteiger partial charge in [0.2, 0.25) is 0 Å². The number of aromatic amines is 1. The molecule has 2 aromatic heterocycles. The van der Waals surface area contributed by atoms with Crippen LogP contribution in [0, 0.1) is 17.8 Å². The van der Waals surface area contributed by atoms with Crippen molar-refractivity contribution in [2.24, 2.45) is 17.8 Å². The van der Waals surface area contributed by atoms with Crippen LogP contribution in [0.2, 0.25) is 0 Å². The summed E-state index contributed by atoms with van der Waals surface area (Å²) in [5.41, 5.74) is 0. The Balaban J connectivity index is 1.71. The number of hydrogen-bond donors (Lipinski definition) is 1. The maximum atomic E-state index is 11.8. The molecule has 5 heteroatoms. The Morgan fingerprint density at radius 1 is 1.25 bits per heavy atom. The Morgan fingerprint density at radius 3 is 3.00 bits per heavy atom. The Labute approximate surface area is 129 Å². The summed E-state index contributed by atoms with van der Waals surface area (Å²) in [6.07, 6.45) is 4.23. The fourth-order valence-electron chi connectivity index (χ4n) is 4.64. The van der Waals surface area contributed by atoms with Crippen LogP contribution in [-0.2, 0) is 0 Å². The van der Waals surface area contributed by atoms with Gasteiger partial charge in [0.1, 0.15) is 0 Å².